The van der Waals surface area contributed by atoms with Crippen LogP contribution >= 0.6 is 0 Å². The minimum absolute atomic E-state index is 0.0489. The van der Waals surface area contributed by atoms with Gasteiger partial charge in [0.05, 0.1) is 0 Å². The zero-order valence-electron chi connectivity index (χ0n) is 11.9. The van der Waals surface area contributed by atoms with Crippen molar-refractivity contribution >= 4 is 5.91 Å². The first kappa shape index (κ1) is 14.1. The Morgan fingerprint density at radius 3 is 2.63 bits per heavy atom. The Bertz CT molecular complexity index is 428. The molecule has 0 saturated carbocycles. The second-order valence-electron chi connectivity index (χ2n) is 5.90. The Labute approximate surface area is 115 Å². The lowest BCUT2D eigenvalue weighted by atomic mass is 9.91. The van der Waals surface area contributed by atoms with Crippen molar-refractivity contribution in [3.63, 3.8) is 0 Å². The Kier molecular flexibility index (Phi) is 4.25. The largest absolute Gasteiger partial charge is 0.341 e. The van der Waals surface area contributed by atoms with Crippen LogP contribution in [-0.4, -0.2) is 23.9 Å². The van der Waals surface area contributed by atoms with E-state index in [4.69, 9.17) is 5.73 Å². The van der Waals surface area contributed by atoms with E-state index in [1.807, 2.05) is 42.2 Å². The molecule has 1 aliphatic rings. The monoisotopic (exact) mass is 260 g/mol. The number of nitrogens with zero attached hydrogens (tertiary/aromatic N) is 1. The summed E-state index contributed by atoms with van der Waals surface area (Å²) in [5.74, 6) is 0.756. The topological polar surface area (TPSA) is 46.3 Å². The van der Waals surface area contributed by atoms with Gasteiger partial charge < -0.3 is 10.6 Å². The Hall–Kier alpha value is -1.35. The van der Waals surface area contributed by atoms with Crippen LogP contribution < -0.4 is 5.73 Å². The van der Waals surface area contributed by atoms with Gasteiger partial charge in [-0.3, -0.25) is 4.79 Å². The molecule has 1 amide bonds. The summed E-state index contributed by atoms with van der Waals surface area (Å²) in [5.41, 5.74) is 6.27. The SMILES string of the molecule is CC1CCCN(C(=O)C(C)(N)c2ccccc2)CC1. The summed E-state index contributed by atoms with van der Waals surface area (Å²) in [5, 5.41) is 0. The number of carbonyl (C=O) groups excluding carboxylic acids is 1. The van der Waals surface area contributed by atoms with Crippen molar-refractivity contribution in [1.82, 2.24) is 4.90 Å². The highest BCUT2D eigenvalue weighted by atomic mass is 16.2. The van der Waals surface area contributed by atoms with Gasteiger partial charge >= 0.3 is 0 Å². The molecule has 0 aromatic heterocycles. The number of nitrogens with two attached hydrogens (primary N) is 1. The molecule has 1 heterocycles. The molecule has 1 saturated heterocycles. The fourth-order valence-corrected chi connectivity index (χ4v) is 2.70. The molecule has 0 aliphatic carbocycles. The minimum Gasteiger partial charge on any atom is -0.341 e. The number of hydrogen-bond acceptors (Lipinski definition) is 2. The molecule has 104 valence electrons. The first-order chi connectivity index (χ1) is 9.01. The molecule has 19 heavy (non-hydrogen) atoms. The number of carbonyl (C=O) groups is 1. The first-order valence-corrected chi connectivity index (χ1v) is 7.15. The van der Waals surface area contributed by atoms with Gasteiger partial charge in [0.1, 0.15) is 5.54 Å². The highest BCUT2D eigenvalue weighted by Crippen LogP contribution is 2.23. The van der Waals surface area contributed by atoms with E-state index < -0.39 is 5.54 Å². The molecule has 1 aliphatic heterocycles. The quantitative estimate of drug-likeness (QED) is 0.888. The van der Waals surface area contributed by atoms with Gasteiger partial charge in [0.15, 0.2) is 0 Å². The summed E-state index contributed by atoms with van der Waals surface area (Å²) in [6.07, 6.45) is 3.37. The lowest BCUT2D eigenvalue weighted by Crippen LogP contribution is -2.51. The second kappa shape index (κ2) is 5.74. The highest BCUT2D eigenvalue weighted by Gasteiger charge is 2.34. The van der Waals surface area contributed by atoms with Gasteiger partial charge in [0, 0.05) is 13.1 Å². The predicted molar refractivity (Wildman–Crippen MR) is 77.6 cm³/mol. The van der Waals surface area contributed by atoms with E-state index in [9.17, 15) is 4.79 Å². The van der Waals surface area contributed by atoms with E-state index in [0.29, 0.717) is 5.92 Å². The van der Waals surface area contributed by atoms with E-state index >= 15 is 0 Å². The molecular weight excluding hydrogens is 236 g/mol. The van der Waals surface area contributed by atoms with Crippen molar-refractivity contribution in [2.75, 3.05) is 13.1 Å². The molecule has 0 spiro atoms. The predicted octanol–water partition coefficient (Wildman–Crippen LogP) is 2.51. The summed E-state index contributed by atoms with van der Waals surface area (Å²) in [4.78, 5) is 14.6. The summed E-state index contributed by atoms with van der Waals surface area (Å²) < 4.78 is 0. The molecule has 1 fully saturated rings. The van der Waals surface area contributed by atoms with Crippen molar-refractivity contribution in [3.8, 4) is 0 Å². The van der Waals surface area contributed by atoms with Gasteiger partial charge in [-0.1, -0.05) is 37.3 Å². The van der Waals surface area contributed by atoms with Crippen LogP contribution in [0.25, 0.3) is 0 Å². The van der Waals surface area contributed by atoms with Crippen molar-refractivity contribution in [2.45, 2.75) is 38.6 Å². The van der Waals surface area contributed by atoms with Gasteiger partial charge in [0.2, 0.25) is 5.91 Å². The van der Waals surface area contributed by atoms with Crippen molar-refractivity contribution in [1.29, 1.82) is 0 Å². The number of hydrogen-bond donors (Lipinski definition) is 1. The third kappa shape index (κ3) is 3.16. The molecule has 0 radical (unpaired) electrons. The fourth-order valence-electron chi connectivity index (χ4n) is 2.70. The summed E-state index contributed by atoms with van der Waals surface area (Å²) >= 11 is 0. The Morgan fingerprint density at radius 2 is 1.95 bits per heavy atom. The third-order valence-corrected chi connectivity index (χ3v) is 4.12. The fraction of sp³-hybridized carbons (Fsp3) is 0.562. The zero-order valence-corrected chi connectivity index (χ0v) is 11.9. The average Bonchev–Trinajstić information content (AvgIpc) is 2.63. The normalized spacial score (nSPS) is 23.5. The molecule has 2 unspecified atom stereocenters. The smallest absolute Gasteiger partial charge is 0.246 e. The lowest BCUT2D eigenvalue weighted by molar-refractivity contribution is -0.136. The maximum atomic E-state index is 12.7. The van der Waals surface area contributed by atoms with Crippen molar-refractivity contribution < 1.29 is 4.79 Å². The molecule has 3 nitrogen and oxygen atoms in total. The Morgan fingerprint density at radius 1 is 1.26 bits per heavy atom. The number of amides is 1. The summed E-state index contributed by atoms with van der Waals surface area (Å²) in [7, 11) is 0. The number of likely N-dealkylation sites (tertiary alicyclic amines) is 1. The van der Waals surface area contributed by atoms with Crippen molar-refractivity contribution in [3.05, 3.63) is 35.9 Å². The van der Waals surface area contributed by atoms with Gasteiger partial charge in [-0.05, 0) is 37.7 Å². The number of benzene rings is 1. The molecule has 2 N–H and O–H groups in total. The van der Waals surface area contributed by atoms with E-state index in [0.717, 1.165) is 31.5 Å². The molecule has 1 aromatic carbocycles. The van der Waals surface area contributed by atoms with Gasteiger partial charge in [-0.15, -0.1) is 0 Å². The van der Waals surface area contributed by atoms with Gasteiger partial charge in [0.25, 0.3) is 0 Å². The van der Waals surface area contributed by atoms with E-state index in [2.05, 4.69) is 6.92 Å². The van der Waals surface area contributed by atoms with Crippen LogP contribution in [0, 0.1) is 5.92 Å². The van der Waals surface area contributed by atoms with Crippen LogP contribution in [0.1, 0.15) is 38.7 Å². The molecule has 3 heteroatoms. The maximum Gasteiger partial charge on any atom is 0.246 e. The van der Waals surface area contributed by atoms with Gasteiger partial charge in [-0.25, -0.2) is 0 Å². The number of rotatable bonds is 2. The summed E-state index contributed by atoms with van der Waals surface area (Å²) in [6.45, 7) is 5.74. The van der Waals surface area contributed by atoms with E-state index in [-0.39, 0.29) is 5.91 Å². The van der Waals surface area contributed by atoms with Gasteiger partial charge in [-0.2, -0.15) is 0 Å². The van der Waals surface area contributed by atoms with Crippen LogP contribution in [0.5, 0.6) is 0 Å². The average molecular weight is 260 g/mol. The van der Waals surface area contributed by atoms with Crippen molar-refractivity contribution in [2.24, 2.45) is 11.7 Å². The second-order valence-corrected chi connectivity index (χ2v) is 5.90. The van der Waals surface area contributed by atoms with E-state index in [1.165, 1.54) is 6.42 Å². The zero-order chi connectivity index (χ0) is 13.9. The molecule has 2 rings (SSSR count). The molecule has 1 aromatic rings. The van der Waals surface area contributed by atoms with E-state index in [1.54, 1.807) is 0 Å². The highest BCUT2D eigenvalue weighted by molar-refractivity contribution is 5.87. The van der Waals surface area contributed by atoms with Crippen LogP contribution in [-0.2, 0) is 10.3 Å². The molecule has 0 bridgehead atoms. The minimum atomic E-state index is -0.922. The Balaban J connectivity index is 2.14. The lowest BCUT2D eigenvalue weighted by Gasteiger charge is -2.31. The summed E-state index contributed by atoms with van der Waals surface area (Å²) in [6, 6.07) is 9.66. The standard InChI is InChI=1S/C16H24N2O/c1-13-7-6-11-18(12-10-13)15(19)16(2,17)14-8-4-3-5-9-14/h3-5,8-9,13H,6-7,10-12,17H2,1-2H3. The van der Waals surface area contributed by atoms with Crippen LogP contribution in [0.3, 0.4) is 0 Å². The maximum absolute atomic E-state index is 12.7. The third-order valence-electron chi connectivity index (χ3n) is 4.12. The van der Waals surface area contributed by atoms with Crippen LogP contribution in [0.2, 0.25) is 0 Å². The first-order valence-electron chi connectivity index (χ1n) is 7.15. The molecule has 2 atom stereocenters. The van der Waals surface area contributed by atoms with Crippen LogP contribution in [0.15, 0.2) is 30.3 Å². The molecular formula is C16H24N2O. The van der Waals surface area contributed by atoms with Crippen LogP contribution in [0.4, 0.5) is 0 Å².